The highest BCUT2D eigenvalue weighted by molar-refractivity contribution is 7.11. The number of nitriles is 2. The van der Waals surface area contributed by atoms with E-state index in [-0.39, 0.29) is 30.8 Å². The van der Waals surface area contributed by atoms with Crippen molar-refractivity contribution in [2.45, 2.75) is 24.9 Å². The molecule has 0 saturated carbocycles. The molecule has 0 aliphatic rings. The summed E-state index contributed by atoms with van der Waals surface area (Å²) in [4.78, 5) is 47.1. The summed E-state index contributed by atoms with van der Waals surface area (Å²) >= 11 is 1.36. The number of benzene rings is 1. The minimum atomic E-state index is -0.338. The second kappa shape index (κ2) is 16.6. The molecule has 8 aromatic rings. The van der Waals surface area contributed by atoms with E-state index in [0.29, 0.717) is 23.5 Å². The van der Waals surface area contributed by atoms with Gasteiger partial charge >= 0.3 is 0 Å². The van der Waals surface area contributed by atoms with Crippen LogP contribution >= 0.6 is 11.3 Å². The first-order valence-electron chi connectivity index (χ1n) is 17.0. The van der Waals surface area contributed by atoms with Gasteiger partial charge in [0.15, 0.2) is 6.29 Å². The Morgan fingerprint density at radius 2 is 1.45 bits per heavy atom. The monoisotopic (exact) mass is 748 g/mol. The van der Waals surface area contributed by atoms with Crippen LogP contribution in [-0.4, -0.2) is 74.7 Å². The fraction of sp³-hybridized carbons (Fsp3) is 0.158. The summed E-state index contributed by atoms with van der Waals surface area (Å²) in [6, 6.07) is 16.7. The molecule has 2 unspecified atom stereocenters. The normalized spacial score (nSPS) is 12.0. The second-order valence-corrected chi connectivity index (χ2v) is 13.1. The lowest BCUT2D eigenvalue weighted by atomic mass is 10.0. The molecule has 5 N–H and O–H groups in total. The average molecular weight is 749 g/mol. The van der Waals surface area contributed by atoms with Crippen molar-refractivity contribution in [3.05, 3.63) is 119 Å². The first-order valence-corrected chi connectivity index (χ1v) is 17.9. The van der Waals surface area contributed by atoms with Gasteiger partial charge in [0.05, 0.1) is 65.7 Å². The molecular formula is C38H32N14O2S. The van der Waals surface area contributed by atoms with E-state index in [1.807, 2.05) is 48.4 Å². The van der Waals surface area contributed by atoms with Gasteiger partial charge in [-0.05, 0) is 46.8 Å². The number of hydrogen-bond acceptors (Lipinski definition) is 12. The summed E-state index contributed by atoms with van der Waals surface area (Å²) in [6.45, 7) is 0.774. The van der Waals surface area contributed by atoms with Crippen LogP contribution in [0.5, 0.6) is 0 Å². The topological polar surface area (TPSA) is 239 Å². The molecule has 0 fully saturated rings. The van der Waals surface area contributed by atoms with Crippen molar-refractivity contribution in [3.8, 4) is 34.7 Å². The third kappa shape index (κ3) is 7.74. The van der Waals surface area contributed by atoms with Crippen LogP contribution in [0.15, 0.2) is 97.7 Å². The van der Waals surface area contributed by atoms with Crippen LogP contribution in [0.3, 0.4) is 0 Å². The summed E-state index contributed by atoms with van der Waals surface area (Å²) in [5, 5.41) is 33.9. The van der Waals surface area contributed by atoms with Crippen molar-refractivity contribution < 1.29 is 9.59 Å². The van der Waals surface area contributed by atoms with Crippen molar-refractivity contribution in [1.29, 1.82) is 10.5 Å². The molecule has 0 radical (unpaired) electrons. The van der Waals surface area contributed by atoms with Gasteiger partial charge in [0.1, 0.15) is 23.9 Å². The van der Waals surface area contributed by atoms with Gasteiger partial charge in [-0.3, -0.25) is 19.0 Å². The van der Waals surface area contributed by atoms with Gasteiger partial charge in [0.25, 0.3) is 5.91 Å². The van der Waals surface area contributed by atoms with E-state index in [2.05, 4.69) is 57.6 Å². The number of thiophene rings is 1. The van der Waals surface area contributed by atoms with E-state index in [0.717, 1.165) is 62.0 Å². The lowest BCUT2D eigenvalue weighted by molar-refractivity contribution is 0.0954. The molecule has 7 aromatic heterocycles. The highest BCUT2D eigenvalue weighted by Gasteiger charge is 2.20. The third-order valence-electron chi connectivity index (χ3n) is 8.77. The van der Waals surface area contributed by atoms with Gasteiger partial charge in [-0.2, -0.15) is 20.7 Å². The number of rotatable bonds is 12. The van der Waals surface area contributed by atoms with Gasteiger partial charge in [-0.1, -0.05) is 12.1 Å². The summed E-state index contributed by atoms with van der Waals surface area (Å²) in [7, 11) is 0. The Bertz CT molecular complexity index is 2670. The summed E-state index contributed by atoms with van der Waals surface area (Å²) in [5.74, 6) is -0.199. The standard InChI is InChI=1S/C21H20N8O.C17H12N6OS/c22-6-4-18(14-2-1-3-15(10-14)21(30)25-9-7-23)29-12-16(11-28-29)19-17-5-8-24-20(17)27-13-26-19;18-3-1-15(11-5-13(8-24)25-9-11)23-7-12(6-22-23)16-14-2-4-19-17(14)21-10-20-16/h1-3,5,8,10-13,18H,4,7,9,23H2,(H,25,30)(H,24,26,27);2,4-10,15H,1H2,(H,19,20,21). The maximum absolute atomic E-state index is 12.3. The van der Waals surface area contributed by atoms with Crippen LogP contribution in [-0.2, 0) is 0 Å². The summed E-state index contributed by atoms with van der Waals surface area (Å²) in [6.07, 6.45) is 15.1. The number of aromatic amines is 2. The third-order valence-corrected chi connectivity index (χ3v) is 9.65. The molecule has 272 valence electrons. The Hall–Kier alpha value is -7.34. The zero-order valence-electron chi connectivity index (χ0n) is 29.1. The maximum atomic E-state index is 12.3. The molecule has 8 rings (SSSR count). The smallest absolute Gasteiger partial charge is 0.251 e. The van der Waals surface area contributed by atoms with E-state index < -0.39 is 0 Å². The molecular weight excluding hydrogens is 717 g/mol. The van der Waals surface area contributed by atoms with Gasteiger partial charge in [-0.15, -0.1) is 11.3 Å². The van der Waals surface area contributed by atoms with Crippen LogP contribution in [0.4, 0.5) is 0 Å². The van der Waals surface area contributed by atoms with Crippen LogP contribution in [0.25, 0.3) is 44.6 Å². The molecule has 2 atom stereocenters. The van der Waals surface area contributed by atoms with Gasteiger partial charge in [-0.25, -0.2) is 19.9 Å². The number of nitrogens with two attached hydrogens (primary N) is 1. The number of carbonyl (C=O) groups is 2. The number of aromatic nitrogens is 10. The van der Waals surface area contributed by atoms with Crippen LogP contribution in [0, 0.1) is 22.7 Å². The van der Waals surface area contributed by atoms with Crippen LogP contribution in [0.1, 0.15) is 56.1 Å². The number of carbonyl (C=O) groups excluding carboxylic acids is 2. The van der Waals surface area contributed by atoms with E-state index >= 15 is 0 Å². The van der Waals surface area contributed by atoms with Crippen molar-refractivity contribution in [1.82, 2.24) is 54.8 Å². The highest BCUT2D eigenvalue weighted by Crippen LogP contribution is 2.30. The summed E-state index contributed by atoms with van der Waals surface area (Å²) < 4.78 is 3.48. The van der Waals surface area contributed by atoms with Crippen molar-refractivity contribution >= 4 is 45.6 Å². The molecule has 0 bridgehead atoms. The van der Waals surface area contributed by atoms with Crippen LogP contribution in [0.2, 0.25) is 0 Å². The number of fused-ring (bicyclic) bond motifs is 2. The van der Waals surface area contributed by atoms with E-state index in [1.165, 1.54) is 24.0 Å². The average Bonchev–Trinajstić information content (AvgIpc) is 4.08. The number of aldehydes is 1. The van der Waals surface area contributed by atoms with Crippen molar-refractivity contribution in [3.63, 3.8) is 0 Å². The molecule has 1 aromatic carbocycles. The lowest BCUT2D eigenvalue weighted by Gasteiger charge is -2.16. The zero-order chi connectivity index (χ0) is 38.1. The number of hydrogen-bond donors (Lipinski definition) is 4. The molecule has 1 amide bonds. The minimum Gasteiger partial charge on any atom is -0.351 e. The Balaban J connectivity index is 0.000000172. The first-order chi connectivity index (χ1) is 27.0. The predicted octanol–water partition coefficient (Wildman–Crippen LogP) is 5.21. The zero-order valence-corrected chi connectivity index (χ0v) is 29.9. The largest absolute Gasteiger partial charge is 0.351 e. The van der Waals surface area contributed by atoms with Crippen LogP contribution < -0.4 is 11.1 Å². The molecule has 0 saturated heterocycles. The Morgan fingerprint density at radius 1 is 0.855 bits per heavy atom. The number of H-pyrrole nitrogens is 2. The summed E-state index contributed by atoms with van der Waals surface area (Å²) in [5.41, 5.74) is 12.4. The molecule has 0 aliphatic carbocycles. The SMILES string of the molecule is N#CCC(c1cccc(C(=O)NCCN)c1)n1cc(-c2ncnc3[nH]ccc23)cn1.N#CCC(c1csc(C=O)c1)n1cc(-c2ncnc3[nH]ccc23)cn1. The first kappa shape index (κ1) is 36.0. The van der Waals surface area contributed by atoms with Gasteiger partial charge in [0, 0.05) is 65.3 Å². The van der Waals surface area contributed by atoms with Crippen molar-refractivity contribution in [2.75, 3.05) is 13.1 Å². The van der Waals surface area contributed by atoms with Gasteiger partial charge in [0.2, 0.25) is 0 Å². The molecule has 17 heteroatoms. The number of nitrogens with one attached hydrogen (secondary N) is 3. The van der Waals surface area contributed by atoms with E-state index in [9.17, 15) is 20.1 Å². The molecule has 7 heterocycles. The Kier molecular flexibility index (Phi) is 10.8. The van der Waals surface area contributed by atoms with Crippen molar-refractivity contribution in [2.24, 2.45) is 5.73 Å². The van der Waals surface area contributed by atoms with E-state index in [1.54, 1.807) is 46.0 Å². The number of nitrogens with zero attached hydrogens (tertiary/aromatic N) is 10. The fourth-order valence-electron chi connectivity index (χ4n) is 6.15. The number of amides is 1. The molecule has 16 nitrogen and oxygen atoms in total. The predicted molar refractivity (Wildman–Crippen MR) is 204 cm³/mol. The highest BCUT2D eigenvalue weighted by atomic mass is 32.1. The maximum Gasteiger partial charge on any atom is 0.251 e. The molecule has 55 heavy (non-hydrogen) atoms. The second-order valence-electron chi connectivity index (χ2n) is 12.2. The lowest BCUT2D eigenvalue weighted by Crippen LogP contribution is -2.29. The van der Waals surface area contributed by atoms with Gasteiger partial charge < -0.3 is 21.0 Å². The molecule has 0 spiro atoms. The quantitative estimate of drug-likeness (QED) is 0.118. The Morgan fingerprint density at radius 3 is 2.00 bits per heavy atom. The fourth-order valence-corrected chi connectivity index (χ4v) is 6.90. The van der Waals surface area contributed by atoms with E-state index in [4.69, 9.17) is 5.73 Å². The molecule has 0 aliphatic heterocycles. The Labute approximate surface area is 317 Å². The minimum absolute atomic E-state index is 0.199.